The van der Waals surface area contributed by atoms with E-state index < -0.39 is 0 Å². The third kappa shape index (κ3) is 5.51. The molecule has 0 radical (unpaired) electrons. The Kier molecular flexibility index (Phi) is 8.05. The number of fused-ring (bicyclic) bond motifs is 1. The summed E-state index contributed by atoms with van der Waals surface area (Å²) in [6, 6.07) is 19.5. The van der Waals surface area contributed by atoms with Crippen molar-refractivity contribution in [1.29, 1.82) is 0 Å². The van der Waals surface area contributed by atoms with Gasteiger partial charge in [0.25, 0.3) is 0 Å². The third-order valence-corrected chi connectivity index (χ3v) is 8.79. The van der Waals surface area contributed by atoms with E-state index in [1.54, 1.807) is 0 Å². The third-order valence-electron chi connectivity index (χ3n) is 8.79. The minimum Gasteiger partial charge on any atom is -0.349 e. The number of nitrogens with zero attached hydrogens (tertiary/aromatic N) is 2. The number of amides is 2. The van der Waals surface area contributed by atoms with Crippen molar-refractivity contribution in [3.05, 3.63) is 71.3 Å². The predicted molar refractivity (Wildman–Crippen MR) is 144 cm³/mol. The van der Waals surface area contributed by atoms with Gasteiger partial charge in [0.2, 0.25) is 11.8 Å². The summed E-state index contributed by atoms with van der Waals surface area (Å²) >= 11 is 0. The molecule has 2 heterocycles. The molecule has 2 saturated heterocycles. The van der Waals surface area contributed by atoms with Crippen LogP contribution in [0.25, 0.3) is 0 Å². The maximum Gasteiger partial charge on any atom is 0.230 e. The van der Waals surface area contributed by atoms with Crippen molar-refractivity contribution in [3.63, 3.8) is 0 Å². The zero-order valence-electron chi connectivity index (χ0n) is 21.7. The molecule has 5 rings (SSSR count). The number of aryl methyl sites for hydroxylation is 1. The van der Waals surface area contributed by atoms with Crippen LogP contribution >= 0.6 is 0 Å². The maximum atomic E-state index is 13.2. The van der Waals surface area contributed by atoms with Crippen LogP contribution in [0.5, 0.6) is 0 Å². The molecule has 2 aliphatic heterocycles. The lowest BCUT2D eigenvalue weighted by Gasteiger charge is -2.42. The molecule has 192 valence electrons. The van der Waals surface area contributed by atoms with Crippen LogP contribution in [0.15, 0.2) is 54.6 Å². The fourth-order valence-corrected chi connectivity index (χ4v) is 6.63. The molecule has 3 aliphatic rings. The molecule has 0 bridgehead atoms. The van der Waals surface area contributed by atoms with Crippen LogP contribution in [0.3, 0.4) is 0 Å². The molecule has 2 atom stereocenters. The summed E-state index contributed by atoms with van der Waals surface area (Å²) in [4.78, 5) is 31.0. The molecule has 5 heteroatoms. The number of rotatable bonds is 6. The highest BCUT2D eigenvalue weighted by atomic mass is 16.2. The van der Waals surface area contributed by atoms with Gasteiger partial charge in [0.1, 0.15) is 0 Å². The molecule has 2 aromatic carbocycles. The minimum absolute atomic E-state index is 0.0341. The monoisotopic (exact) mass is 487 g/mol. The number of nitrogens with one attached hydrogen (secondary N) is 1. The zero-order chi connectivity index (χ0) is 24.9. The van der Waals surface area contributed by atoms with E-state index >= 15 is 0 Å². The second-order valence-corrected chi connectivity index (χ2v) is 10.9. The van der Waals surface area contributed by atoms with Gasteiger partial charge in [0.15, 0.2) is 0 Å². The number of carbonyl (C=O) groups excluding carboxylic acids is 2. The van der Waals surface area contributed by atoms with Gasteiger partial charge < -0.3 is 15.1 Å². The highest BCUT2D eigenvalue weighted by Gasteiger charge is 2.34. The molecular formula is C31H41N3O2. The van der Waals surface area contributed by atoms with Gasteiger partial charge in [-0.05, 0) is 81.1 Å². The van der Waals surface area contributed by atoms with Crippen molar-refractivity contribution < 1.29 is 9.59 Å². The summed E-state index contributed by atoms with van der Waals surface area (Å²) in [5.41, 5.74) is 3.83. The van der Waals surface area contributed by atoms with Gasteiger partial charge in [-0.2, -0.15) is 0 Å². The molecule has 2 aromatic rings. The van der Waals surface area contributed by atoms with Crippen LogP contribution in [-0.4, -0.2) is 53.8 Å². The molecule has 2 amide bonds. The fourth-order valence-electron chi connectivity index (χ4n) is 6.63. The normalized spacial score (nSPS) is 22.6. The average molecular weight is 488 g/mol. The molecule has 2 unspecified atom stereocenters. The molecule has 0 aromatic heterocycles. The van der Waals surface area contributed by atoms with E-state index in [2.05, 4.69) is 58.4 Å². The summed E-state index contributed by atoms with van der Waals surface area (Å²) in [5.74, 6) is 0.603. The largest absolute Gasteiger partial charge is 0.349 e. The zero-order valence-corrected chi connectivity index (χ0v) is 21.7. The minimum atomic E-state index is -0.0341. The molecule has 0 spiro atoms. The molecule has 1 aliphatic carbocycles. The summed E-state index contributed by atoms with van der Waals surface area (Å²) < 4.78 is 0. The van der Waals surface area contributed by atoms with Gasteiger partial charge in [-0.1, -0.05) is 61.5 Å². The van der Waals surface area contributed by atoms with E-state index in [9.17, 15) is 9.59 Å². The SMILES string of the molecule is CCC(C(=O)N1CCC(N2CCC(C(=O)NC3CCCc4ccccc43)CC2)CC1)c1ccccc1. The Morgan fingerprint density at radius 2 is 1.58 bits per heavy atom. The average Bonchev–Trinajstić information content (AvgIpc) is 2.94. The number of piperidine rings is 2. The Labute approximate surface area is 216 Å². The quantitative estimate of drug-likeness (QED) is 0.618. The number of hydrogen-bond donors (Lipinski definition) is 1. The molecule has 1 N–H and O–H groups in total. The highest BCUT2D eigenvalue weighted by Crippen LogP contribution is 2.31. The topological polar surface area (TPSA) is 52.7 Å². The van der Waals surface area contributed by atoms with Crippen molar-refractivity contribution in [3.8, 4) is 0 Å². The Balaban J connectivity index is 1.08. The Morgan fingerprint density at radius 3 is 2.31 bits per heavy atom. The van der Waals surface area contributed by atoms with Gasteiger partial charge in [-0.25, -0.2) is 0 Å². The first-order valence-corrected chi connectivity index (χ1v) is 14.1. The van der Waals surface area contributed by atoms with Crippen LogP contribution in [0.1, 0.15) is 80.5 Å². The van der Waals surface area contributed by atoms with E-state index in [0.29, 0.717) is 6.04 Å². The lowest BCUT2D eigenvalue weighted by molar-refractivity contribution is -0.135. The summed E-state index contributed by atoms with van der Waals surface area (Å²) in [6.07, 6.45) is 8.09. The number of carbonyl (C=O) groups is 2. The first-order valence-electron chi connectivity index (χ1n) is 14.1. The predicted octanol–water partition coefficient (Wildman–Crippen LogP) is 5.08. The highest BCUT2D eigenvalue weighted by molar-refractivity contribution is 5.83. The van der Waals surface area contributed by atoms with Crippen molar-refractivity contribution in [2.75, 3.05) is 26.2 Å². The van der Waals surface area contributed by atoms with Crippen molar-refractivity contribution in [2.45, 2.75) is 76.3 Å². The van der Waals surface area contributed by atoms with E-state index in [1.165, 1.54) is 11.1 Å². The summed E-state index contributed by atoms with van der Waals surface area (Å²) in [7, 11) is 0. The van der Waals surface area contributed by atoms with E-state index in [4.69, 9.17) is 0 Å². The molecule has 0 saturated carbocycles. The summed E-state index contributed by atoms with van der Waals surface area (Å²) in [6.45, 7) is 5.76. The van der Waals surface area contributed by atoms with Gasteiger partial charge in [-0.15, -0.1) is 0 Å². The van der Waals surface area contributed by atoms with E-state index in [0.717, 1.165) is 83.1 Å². The number of hydrogen-bond acceptors (Lipinski definition) is 3. The molecular weight excluding hydrogens is 446 g/mol. The second-order valence-electron chi connectivity index (χ2n) is 10.9. The maximum absolute atomic E-state index is 13.2. The second kappa shape index (κ2) is 11.6. The Hall–Kier alpha value is -2.66. The van der Waals surface area contributed by atoms with Crippen LogP contribution < -0.4 is 5.32 Å². The van der Waals surface area contributed by atoms with Crippen LogP contribution in [0.2, 0.25) is 0 Å². The first kappa shape index (κ1) is 25.0. The van der Waals surface area contributed by atoms with Crippen molar-refractivity contribution >= 4 is 11.8 Å². The van der Waals surface area contributed by atoms with E-state index in [1.807, 2.05) is 18.2 Å². The van der Waals surface area contributed by atoms with Gasteiger partial charge in [0, 0.05) is 25.0 Å². The Bertz CT molecular complexity index is 1020. The molecule has 5 nitrogen and oxygen atoms in total. The van der Waals surface area contributed by atoms with Gasteiger partial charge in [0.05, 0.1) is 12.0 Å². The Morgan fingerprint density at radius 1 is 0.889 bits per heavy atom. The van der Waals surface area contributed by atoms with Crippen molar-refractivity contribution in [2.24, 2.45) is 5.92 Å². The lowest BCUT2D eigenvalue weighted by atomic mass is 9.86. The van der Waals surface area contributed by atoms with Gasteiger partial charge in [-0.3, -0.25) is 9.59 Å². The van der Waals surface area contributed by atoms with Gasteiger partial charge >= 0.3 is 0 Å². The first-order chi connectivity index (χ1) is 17.6. The smallest absolute Gasteiger partial charge is 0.230 e. The van der Waals surface area contributed by atoms with Crippen molar-refractivity contribution in [1.82, 2.24) is 15.1 Å². The lowest BCUT2D eigenvalue weighted by Crippen LogP contribution is -2.51. The number of benzene rings is 2. The molecule has 2 fully saturated rings. The van der Waals surface area contributed by atoms with E-state index in [-0.39, 0.29) is 29.7 Å². The molecule has 36 heavy (non-hydrogen) atoms. The van der Waals surface area contributed by atoms with Crippen LogP contribution in [0.4, 0.5) is 0 Å². The fraction of sp³-hybridized carbons (Fsp3) is 0.548. The van der Waals surface area contributed by atoms with Crippen LogP contribution in [-0.2, 0) is 16.0 Å². The van der Waals surface area contributed by atoms with Crippen LogP contribution in [0, 0.1) is 5.92 Å². The standard InChI is InChI=1S/C31H41N3O2/c1-2-27(23-9-4-3-5-10-23)31(36)34-21-17-26(18-22-34)33-19-15-25(16-20-33)30(35)32-29-14-8-12-24-11-6-7-13-28(24)29/h3-7,9-11,13,25-27,29H,2,8,12,14-22H2,1H3,(H,32,35). The number of likely N-dealkylation sites (tertiary alicyclic amines) is 2. The summed E-state index contributed by atoms with van der Waals surface area (Å²) in [5, 5.41) is 3.39.